The zero-order valence-corrected chi connectivity index (χ0v) is 12.7. The van der Waals surface area contributed by atoms with Gasteiger partial charge in [-0.2, -0.15) is 0 Å². The van der Waals surface area contributed by atoms with Crippen LogP contribution in [0.5, 0.6) is 0 Å². The summed E-state index contributed by atoms with van der Waals surface area (Å²) in [6.07, 6.45) is 8.57. The van der Waals surface area contributed by atoms with Crippen molar-refractivity contribution < 1.29 is 23.2 Å². The van der Waals surface area contributed by atoms with Gasteiger partial charge in [0.2, 0.25) is 5.41 Å². The molecule has 1 spiro atoms. The summed E-state index contributed by atoms with van der Waals surface area (Å²) in [5.74, 6) is 0.519. The fourth-order valence-electron chi connectivity index (χ4n) is 2.70. The van der Waals surface area contributed by atoms with Crippen LogP contribution in [0.25, 0.3) is 0 Å². The molecule has 4 nitrogen and oxygen atoms in total. The first-order chi connectivity index (χ1) is 11.8. The van der Waals surface area contributed by atoms with Gasteiger partial charge in [-0.25, -0.2) is 0 Å². The van der Waals surface area contributed by atoms with E-state index in [-0.39, 0.29) is 19.3 Å². The highest BCUT2D eigenvalue weighted by atomic mass is 16.6. The molecule has 1 fully saturated rings. The fraction of sp³-hybridized carbons (Fsp3) is 0.667. The molecule has 120 valence electrons. The van der Waals surface area contributed by atoms with Crippen LogP contribution in [0.3, 0.4) is 0 Å². The van der Waals surface area contributed by atoms with Gasteiger partial charge >= 0.3 is 11.9 Å². The van der Waals surface area contributed by atoms with E-state index in [1.165, 1.54) is 6.26 Å². The summed E-state index contributed by atoms with van der Waals surface area (Å²) in [5.41, 5.74) is -1.95. The smallest absolute Gasteiger partial charge is 0.332 e. The van der Waals surface area contributed by atoms with Crippen LogP contribution >= 0.6 is 0 Å². The highest BCUT2D eigenvalue weighted by Gasteiger charge is 2.63. The van der Waals surface area contributed by atoms with E-state index >= 15 is 0 Å². The molecule has 2 aliphatic rings. The quantitative estimate of drug-likeness (QED) is 0.455. The Balaban J connectivity index is 2.35. The summed E-state index contributed by atoms with van der Waals surface area (Å²) in [5, 5.41) is 0. The third-order valence-corrected chi connectivity index (χ3v) is 4.03. The summed E-state index contributed by atoms with van der Waals surface area (Å²) in [4.78, 5) is 25.0. The lowest BCUT2D eigenvalue weighted by Crippen LogP contribution is -2.61. The second-order valence-electron chi connectivity index (χ2n) is 5.59. The molecule has 0 unspecified atom stereocenters. The standard InChI is InChI=1S/C18H24O4/c1-2-3-9-12-15-18(17(20)22-15)13-10-7-5-4-6-8-11-14-21-16(18)19/h1,11,14-15H,3-10,12-13H2/b14-11-/t15-,18-/m1/s1/i12D2,15D. The van der Waals surface area contributed by atoms with E-state index in [4.69, 9.17) is 20.0 Å². The minimum atomic E-state index is -2.33. The molecule has 22 heavy (non-hydrogen) atoms. The number of hydrogen-bond acceptors (Lipinski definition) is 4. The maximum Gasteiger partial charge on any atom is 0.332 e. The first-order valence-electron chi connectivity index (χ1n) is 9.35. The highest BCUT2D eigenvalue weighted by molar-refractivity contribution is 6.04. The van der Waals surface area contributed by atoms with E-state index in [1.807, 2.05) is 0 Å². The van der Waals surface area contributed by atoms with Gasteiger partial charge < -0.3 is 9.47 Å². The summed E-state index contributed by atoms with van der Waals surface area (Å²) in [6, 6.07) is 0. The average Bonchev–Trinajstić information content (AvgIpc) is 2.55. The van der Waals surface area contributed by atoms with Crippen LogP contribution in [0.1, 0.15) is 68.3 Å². The Bertz CT molecular complexity index is 596. The minimum Gasteiger partial charge on any atom is -0.460 e. The third kappa shape index (κ3) is 3.52. The van der Waals surface area contributed by atoms with Crippen molar-refractivity contribution >= 4 is 11.9 Å². The predicted octanol–water partition coefficient (Wildman–Crippen LogP) is 3.50. The lowest BCUT2D eigenvalue weighted by atomic mass is 9.71. The van der Waals surface area contributed by atoms with Crippen LogP contribution in [0, 0.1) is 17.8 Å². The van der Waals surface area contributed by atoms with E-state index in [2.05, 4.69) is 5.92 Å². The summed E-state index contributed by atoms with van der Waals surface area (Å²) in [7, 11) is 0. The van der Waals surface area contributed by atoms with Crippen molar-refractivity contribution in [2.24, 2.45) is 5.41 Å². The van der Waals surface area contributed by atoms with Crippen LogP contribution in [0.4, 0.5) is 0 Å². The van der Waals surface area contributed by atoms with Gasteiger partial charge in [0.1, 0.15) is 6.08 Å². The van der Waals surface area contributed by atoms with Crippen molar-refractivity contribution in [2.75, 3.05) is 0 Å². The van der Waals surface area contributed by atoms with Crippen LogP contribution in [0.15, 0.2) is 12.3 Å². The highest BCUT2D eigenvalue weighted by Crippen LogP contribution is 2.45. The second-order valence-corrected chi connectivity index (χ2v) is 5.59. The molecule has 0 saturated carbocycles. The summed E-state index contributed by atoms with van der Waals surface area (Å²) < 4.78 is 35.0. The molecular weight excluding hydrogens is 280 g/mol. The minimum absolute atomic E-state index is 0.0393. The largest absolute Gasteiger partial charge is 0.460 e. The molecule has 2 rings (SSSR count). The molecule has 2 aliphatic heterocycles. The summed E-state index contributed by atoms with van der Waals surface area (Å²) in [6.45, 7) is 0. The van der Waals surface area contributed by atoms with Gasteiger partial charge in [-0.15, -0.1) is 12.3 Å². The monoisotopic (exact) mass is 307 g/mol. The van der Waals surface area contributed by atoms with E-state index < -0.39 is 29.8 Å². The van der Waals surface area contributed by atoms with E-state index in [1.54, 1.807) is 6.08 Å². The first kappa shape index (κ1) is 12.8. The van der Waals surface area contributed by atoms with Crippen molar-refractivity contribution in [1.82, 2.24) is 0 Å². The Labute approximate surface area is 136 Å². The molecule has 0 aromatic heterocycles. The Morgan fingerprint density at radius 1 is 1.32 bits per heavy atom. The number of carbonyl (C=O) groups is 2. The summed E-state index contributed by atoms with van der Waals surface area (Å²) >= 11 is 0. The van der Waals surface area contributed by atoms with Crippen LogP contribution in [0.2, 0.25) is 0 Å². The Morgan fingerprint density at radius 3 is 2.86 bits per heavy atom. The number of carbonyl (C=O) groups excluding carboxylic acids is 2. The van der Waals surface area contributed by atoms with E-state index in [0.717, 1.165) is 32.1 Å². The van der Waals surface area contributed by atoms with Crippen LogP contribution in [-0.4, -0.2) is 18.0 Å². The van der Waals surface area contributed by atoms with Crippen LogP contribution in [-0.2, 0) is 19.1 Å². The predicted molar refractivity (Wildman–Crippen MR) is 82.5 cm³/mol. The molecule has 0 amide bonds. The van der Waals surface area contributed by atoms with Crippen molar-refractivity contribution in [3.05, 3.63) is 12.3 Å². The van der Waals surface area contributed by atoms with Crippen molar-refractivity contribution in [1.29, 1.82) is 0 Å². The third-order valence-electron chi connectivity index (χ3n) is 4.03. The molecular formula is C18H24O4. The number of ether oxygens (including phenoxy) is 2. The van der Waals surface area contributed by atoms with Crippen LogP contribution < -0.4 is 0 Å². The van der Waals surface area contributed by atoms with Gasteiger partial charge in [-0.05, 0) is 38.1 Å². The number of cyclic esters (lactones) is 2. The number of terminal acetylenes is 1. The maximum absolute atomic E-state index is 12.7. The average molecular weight is 307 g/mol. The molecule has 2 atom stereocenters. The molecule has 0 aromatic rings. The van der Waals surface area contributed by atoms with E-state index in [0.29, 0.717) is 6.42 Å². The molecule has 0 bridgehead atoms. The number of hydrogen-bond donors (Lipinski definition) is 0. The number of allylic oxidation sites excluding steroid dienone is 1. The zero-order chi connectivity index (χ0) is 18.6. The maximum atomic E-state index is 12.7. The lowest BCUT2D eigenvalue weighted by Gasteiger charge is -2.44. The number of esters is 2. The zero-order valence-electron chi connectivity index (χ0n) is 15.7. The van der Waals surface area contributed by atoms with Gasteiger partial charge in [-0.1, -0.05) is 25.7 Å². The molecule has 4 heteroatoms. The Hall–Kier alpha value is -1.76. The molecule has 0 N–H and O–H groups in total. The van der Waals surface area contributed by atoms with Crippen molar-refractivity contribution in [3.63, 3.8) is 0 Å². The topological polar surface area (TPSA) is 52.6 Å². The van der Waals surface area contributed by atoms with Gasteiger partial charge in [0.05, 0.1) is 7.63 Å². The number of rotatable bonds is 3. The molecule has 0 aliphatic carbocycles. The fourth-order valence-corrected chi connectivity index (χ4v) is 2.70. The molecule has 0 radical (unpaired) electrons. The first-order valence-corrected chi connectivity index (χ1v) is 7.85. The van der Waals surface area contributed by atoms with Gasteiger partial charge in [0.15, 0.2) is 0 Å². The second kappa shape index (κ2) is 8.03. The normalized spacial score (nSPS) is 37.0. The van der Waals surface area contributed by atoms with Gasteiger partial charge in [0, 0.05) is 9.16 Å². The van der Waals surface area contributed by atoms with Crippen molar-refractivity contribution in [3.8, 4) is 12.3 Å². The molecule has 0 aromatic carbocycles. The molecule has 1 saturated heterocycles. The van der Waals surface area contributed by atoms with Crippen molar-refractivity contribution in [2.45, 2.75) is 70.2 Å². The Morgan fingerprint density at radius 2 is 2.09 bits per heavy atom. The van der Waals surface area contributed by atoms with E-state index in [9.17, 15) is 9.59 Å². The van der Waals surface area contributed by atoms with Gasteiger partial charge in [0.25, 0.3) is 0 Å². The lowest BCUT2D eigenvalue weighted by molar-refractivity contribution is -0.217. The SMILES string of the molecule is [2H]C([2H])(CCC#C)[C@@]1([2H])OC(=O)[C@]12CCCCCCC/C=C\OC2=O. The molecule has 2 heterocycles. The Kier molecular flexibility index (Phi) is 4.65. The van der Waals surface area contributed by atoms with Gasteiger partial charge in [-0.3, -0.25) is 9.59 Å².